The van der Waals surface area contributed by atoms with Crippen molar-refractivity contribution in [3.8, 4) is 0 Å². The molecule has 4 nitrogen and oxygen atoms in total. The van der Waals surface area contributed by atoms with Crippen LogP contribution in [0, 0.1) is 17.7 Å². The number of nitrogens with zero attached hydrogens (tertiary/aromatic N) is 4. The molecule has 2 heterocycles. The van der Waals surface area contributed by atoms with E-state index in [0.29, 0.717) is 18.4 Å². The second kappa shape index (κ2) is 9.96. The van der Waals surface area contributed by atoms with Crippen LogP contribution in [0.2, 0.25) is 0 Å². The van der Waals surface area contributed by atoms with Crippen molar-refractivity contribution in [2.75, 3.05) is 19.6 Å². The van der Waals surface area contributed by atoms with Crippen LogP contribution in [-0.4, -0.2) is 41.8 Å². The van der Waals surface area contributed by atoms with Crippen molar-refractivity contribution in [1.82, 2.24) is 4.90 Å². The number of hydrogen-bond donors (Lipinski definition) is 0. The molecule has 2 aliphatic rings. The van der Waals surface area contributed by atoms with Crippen LogP contribution in [0.4, 0.5) is 4.39 Å². The highest BCUT2D eigenvalue weighted by molar-refractivity contribution is 6.12. The van der Waals surface area contributed by atoms with E-state index < -0.39 is 0 Å². The molecule has 0 bridgehead atoms. The molecule has 30 heavy (non-hydrogen) atoms. The first-order valence-electron chi connectivity index (χ1n) is 10.9. The fourth-order valence-electron chi connectivity index (χ4n) is 4.04. The highest BCUT2D eigenvalue weighted by Gasteiger charge is 2.27. The Balaban J connectivity index is 1.60. The van der Waals surface area contributed by atoms with Crippen molar-refractivity contribution in [1.29, 1.82) is 0 Å². The molecule has 0 aromatic heterocycles. The van der Waals surface area contributed by atoms with E-state index in [-0.39, 0.29) is 5.82 Å². The standard InChI is InChI=1S/C25H33FN4/c1-6-22(15-23(17(2)3)28-18(4)5)30-13-11-19(12-14-30)24-16-27-25(29-24)20-7-9-21(26)10-8-20/h6-10,17,19H,4,11-16H2,1-3,5H3/b22-6+,28-23?. The third kappa shape index (κ3) is 5.53. The van der Waals surface area contributed by atoms with Crippen LogP contribution in [0.15, 0.2) is 63.3 Å². The highest BCUT2D eigenvalue weighted by Crippen LogP contribution is 2.26. The third-order valence-electron chi connectivity index (χ3n) is 5.81. The van der Waals surface area contributed by atoms with Gasteiger partial charge in [-0.15, -0.1) is 0 Å². The predicted octanol–water partition coefficient (Wildman–Crippen LogP) is 5.66. The molecule has 5 heteroatoms. The van der Waals surface area contributed by atoms with E-state index in [9.17, 15) is 4.39 Å². The summed E-state index contributed by atoms with van der Waals surface area (Å²) >= 11 is 0. The summed E-state index contributed by atoms with van der Waals surface area (Å²) < 4.78 is 13.2. The van der Waals surface area contributed by atoms with Gasteiger partial charge in [0, 0.05) is 53.8 Å². The van der Waals surface area contributed by atoms with E-state index >= 15 is 0 Å². The van der Waals surface area contributed by atoms with Gasteiger partial charge in [-0.1, -0.05) is 26.5 Å². The summed E-state index contributed by atoms with van der Waals surface area (Å²) in [6.07, 6.45) is 5.26. The molecular formula is C25H33FN4. The minimum Gasteiger partial charge on any atom is -0.375 e. The fourth-order valence-corrected chi connectivity index (χ4v) is 4.04. The average Bonchev–Trinajstić information content (AvgIpc) is 3.21. The fraction of sp³-hybridized carbons (Fsp3) is 0.480. The molecule has 3 rings (SSSR count). The van der Waals surface area contributed by atoms with Crippen molar-refractivity contribution in [3.63, 3.8) is 0 Å². The molecule has 0 saturated carbocycles. The zero-order valence-corrected chi connectivity index (χ0v) is 18.7. The van der Waals surface area contributed by atoms with Gasteiger partial charge in [-0.25, -0.2) is 9.38 Å². The maximum atomic E-state index is 13.2. The molecule has 0 spiro atoms. The van der Waals surface area contributed by atoms with Gasteiger partial charge >= 0.3 is 0 Å². The minimum atomic E-state index is -0.234. The maximum Gasteiger partial charge on any atom is 0.154 e. The summed E-state index contributed by atoms with van der Waals surface area (Å²) in [6, 6.07) is 6.43. The number of hydrogen-bond acceptors (Lipinski definition) is 4. The Hall–Kier alpha value is -2.56. The molecule has 1 aromatic rings. The van der Waals surface area contributed by atoms with E-state index in [1.165, 1.54) is 29.3 Å². The summed E-state index contributed by atoms with van der Waals surface area (Å²) in [7, 11) is 0. The molecule has 160 valence electrons. The predicted molar refractivity (Wildman–Crippen MR) is 125 cm³/mol. The van der Waals surface area contributed by atoms with Gasteiger partial charge in [0.15, 0.2) is 5.84 Å². The lowest BCUT2D eigenvalue weighted by Gasteiger charge is -2.35. The van der Waals surface area contributed by atoms with E-state index in [1.807, 2.05) is 6.92 Å². The molecular weight excluding hydrogens is 375 g/mol. The Morgan fingerprint density at radius 3 is 2.50 bits per heavy atom. The summed E-state index contributed by atoms with van der Waals surface area (Å²) in [6.45, 7) is 15.1. The lowest BCUT2D eigenvalue weighted by Crippen LogP contribution is -2.37. The highest BCUT2D eigenvalue weighted by atomic mass is 19.1. The van der Waals surface area contributed by atoms with Crippen LogP contribution < -0.4 is 0 Å². The van der Waals surface area contributed by atoms with Crippen LogP contribution in [-0.2, 0) is 0 Å². The zero-order valence-electron chi connectivity index (χ0n) is 18.7. The van der Waals surface area contributed by atoms with Gasteiger partial charge < -0.3 is 4.90 Å². The largest absolute Gasteiger partial charge is 0.375 e. The second-order valence-corrected chi connectivity index (χ2v) is 8.46. The van der Waals surface area contributed by atoms with E-state index in [2.05, 4.69) is 48.3 Å². The number of likely N-dealkylation sites (tertiary alicyclic amines) is 1. The van der Waals surface area contributed by atoms with Crippen LogP contribution in [0.5, 0.6) is 0 Å². The molecule has 1 fully saturated rings. The molecule has 1 aromatic carbocycles. The van der Waals surface area contributed by atoms with E-state index in [4.69, 9.17) is 4.99 Å². The molecule has 0 aliphatic carbocycles. The number of halogens is 1. The van der Waals surface area contributed by atoms with E-state index in [1.54, 1.807) is 12.1 Å². The molecule has 0 radical (unpaired) electrons. The number of aliphatic imine (C=N–C) groups is 3. The molecule has 2 aliphatic heterocycles. The molecule has 0 atom stereocenters. The first-order valence-corrected chi connectivity index (χ1v) is 10.9. The van der Waals surface area contributed by atoms with Gasteiger partial charge in [-0.2, -0.15) is 0 Å². The number of rotatable bonds is 7. The van der Waals surface area contributed by atoms with Gasteiger partial charge in [-0.05, 0) is 56.9 Å². The van der Waals surface area contributed by atoms with Gasteiger partial charge in [0.1, 0.15) is 5.82 Å². The lowest BCUT2D eigenvalue weighted by atomic mass is 9.91. The SMILES string of the molecule is C=C(C)N=C(C/C(=C\C)N1CCC(C2=NC(c3ccc(F)cc3)=NC2)CC1)C(C)C. The summed E-state index contributed by atoms with van der Waals surface area (Å²) in [5.41, 5.74) is 5.46. The molecule has 0 N–H and O–H groups in total. The normalized spacial score (nSPS) is 18.7. The molecule has 0 amide bonds. The third-order valence-corrected chi connectivity index (χ3v) is 5.81. The smallest absolute Gasteiger partial charge is 0.154 e. The Morgan fingerprint density at radius 1 is 1.27 bits per heavy atom. The van der Waals surface area contributed by atoms with Crippen LogP contribution in [0.1, 0.15) is 52.5 Å². The molecule has 0 unspecified atom stereocenters. The van der Waals surface area contributed by atoms with Crippen LogP contribution in [0.25, 0.3) is 0 Å². The quantitative estimate of drug-likeness (QED) is 0.536. The number of allylic oxidation sites excluding steroid dienone is 3. The lowest BCUT2D eigenvalue weighted by molar-refractivity contribution is 0.256. The molecule has 1 saturated heterocycles. The number of amidine groups is 1. The first kappa shape index (κ1) is 22.1. The summed E-state index contributed by atoms with van der Waals surface area (Å²) in [4.78, 5) is 16.5. The van der Waals surface area contributed by atoms with Gasteiger partial charge in [0.25, 0.3) is 0 Å². The second-order valence-electron chi connectivity index (χ2n) is 8.46. The first-order chi connectivity index (χ1) is 14.4. The Kier molecular flexibility index (Phi) is 7.35. The topological polar surface area (TPSA) is 40.3 Å². The van der Waals surface area contributed by atoms with Crippen LogP contribution in [0.3, 0.4) is 0 Å². The van der Waals surface area contributed by atoms with Crippen molar-refractivity contribution in [3.05, 3.63) is 59.7 Å². The van der Waals surface area contributed by atoms with Crippen LogP contribution >= 0.6 is 0 Å². The van der Waals surface area contributed by atoms with Gasteiger partial charge in [-0.3, -0.25) is 9.98 Å². The van der Waals surface area contributed by atoms with Crippen molar-refractivity contribution < 1.29 is 4.39 Å². The Morgan fingerprint density at radius 2 is 1.93 bits per heavy atom. The number of piperidine rings is 1. The van der Waals surface area contributed by atoms with Crippen molar-refractivity contribution >= 4 is 17.3 Å². The maximum absolute atomic E-state index is 13.2. The van der Waals surface area contributed by atoms with Crippen molar-refractivity contribution in [2.45, 2.75) is 47.0 Å². The van der Waals surface area contributed by atoms with Gasteiger partial charge in [0.2, 0.25) is 0 Å². The summed E-state index contributed by atoms with van der Waals surface area (Å²) in [5.74, 6) is 1.38. The Labute approximate surface area is 180 Å². The Bertz CT molecular complexity index is 882. The van der Waals surface area contributed by atoms with Gasteiger partial charge in [0.05, 0.1) is 6.54 Å². The van der Waals surface area contributed by atoms with Crippen molar-refractivity contribution in [2.24, 2.45) is 26.8 Å². The number of benzene rings is 1. The minimum absolute atomic E-state index is 0.234. The average molecular weight is 409 g/mol. The van der Waals surface area contributed by atoms with E-state index in [0.717, 1.165) is 49.4 Å². The zero-order chi connectivity index (χ0) is 21.7. The summed E-state index contributed by atoms with van der Waals surface area (Å²) in [5, 5.41) is 0. The monoisotopic (exact) mass is 408 g/mol.